The lowest BCUT2D eigenvalue weighted by molar-refractivity contribution is 0.0461. The molecule has 2 atom stereocenters. The highest BCUT2D eigenvalue weighted by molar-refractivity contribution is 5.21. The van der Waals surface area contributed by atoms with Crippen LogP contribution in [0.5, 0.6) is 0 Å². The van der Waals surface area contributed by atoms with Gasteiger partial charge >= 0.3 is 0 Å². The van der Waals surface area contributed by atoms with Gasteiger partial charge in [0.15, 0.2) is 5.82 Å². The minimum absolute atomic E-state index is 0.145. The van der Waals surface area contributed by atoms with Gasteiger partial charge in [-0.1, -0.05) is 29.8 Å². The molecule has 0 radical (unpaired) electrons. The van der Waals surface area contributed by atoms with E-state index in [9.17, 15) is 0 Å². The third-order valence-electron chi connectivity index (χ3n) is 5.59. The van der Waals surface area contributed by atoms with E-state index in [1.54, 1.807) is 0 Å². The topological polar surface area (TPSA) is 71.9 Å². The molecule has 29 heavy (non-hydrogen) atoms. The Balaban J connectivity index is 1.49. The van der Waals surface area contributed by atoms with E-state index in [-0.39, 0.29) is 12.1 Å². The maximum absolute atomic E-state index is 6.30. The van der Waals surface area contributed by atoms with Crippen LogP contribution in [0.15, 0.2) is 30.5 Å². The molecule has 1 saturated heterocycles. The van der Waals surface area contributed by atoms with Crippen molar-refractivity contribution in [3.05, 3.63) is 64.5 Å². The number of benzene rings is 1. The molecule has 0 amide bonds. The summed E-state index contributed by atoms with van der Waals surface area (Å²) in [6.07, 6.45) is 3.20. The summed E-state index contributed by atoms with van der Waals surface area (Å²) in [4.78, 5) is 7.03. The fourth-order valence-corrected chi connectivity index (χ4v) is 4.05. The highest BCUT2D eigenvalue weighted by atomic mass is 16.5. The fourth-order valence-electron chi connectivity index (χ4n) is 4.05. The zero-order chi connectivity index (χ0) is 20.4. The Morgan fingerprint density at radius 2 is 2.10 bits per heavy atom. The van der Waals surface area contributed by atoms with Crippen LogP contribution < -0.4 is 0 Å². The Morgan fingerprint density at radius 1 is 1.24 bits per heavy atom. The van der Waals surface area contributed by atoms with E-state index in [0.29, 0.717) is 6.61 Å². The third-order valence-corrected chi connectivity index (χ3v) is 5.59. The molecule has 0 aliphatic carbocycles. The van der Waals surface area contributed by atoms with Crippen LogP contribution in [0.4, 0.5) is 0 Å². The first-order chi connectivity index (χ1) is 14.0. The Labute approximate surface area is 172 Å². The van der Waals surface area contributed by atoms with Gasteiger partial charge in [-0.15, -0.1) is 0 Å². The Bertz CT molecular complexity index is 962. The molecule has 2 aromatic heterocycles. The summed E-state index contributed by atoms with van der Waals surface area (Å²) in [6.45, 7) is 11.4. The van der Waals surface area contributed by atoms with E-state index < -0.39 is 0 Å². The van der Waals surface area contributed by atoms with Crippen molar-refractivity contribution in [1.29, 1.82) is 0 Å². The number of hydrogen-bond acceptors (Lipinski definition) is 5. The number of nitrogens with zero attached hydrogens (tertiary/aromatic N) is 5. The maximum atomic E-state index is 6.30. The first-order valence-corrected chi connectivity index (χ1v) is 10.3. The van der Waals surface area contributed by atoms with E-state index in [1.807, 2.05) is 11.6 Å². The van der Waals surface area contributed by atoms with E-state index in [1.165, 1.54) is 16.7 Å². The fraction of sp³-hybridized carbons (Fsp3) is 0.500. The number of nitrogens with one attached hydrogen (secondary N) is 1. The number of aromatic nitrogens is 5. The van der Waals surface area contributed by atoms with E-state index in [4.69, 9.17) is 4.74 Å². The van der Waals surface area contributed by atoms with Gasteiger partial charge in [-0.25, -0.2) is 4.98 Å². The molecule has 7 nitrogen and oxygen atoms in total. The number of aromatic amines is 1. The van der Waals surface area contributed by atoms with Crippen molar-refractivity contribution >= 4 is 0 Å². The van der Waals surface area contributed by atoms with Crippen molar-refractivity contribution < 1.29 is 4.74 Å². The third kappa shape index (κ3) is 4.57. The molecular formula is C22H30N6O. The highest BCUT2D eigenvalue weighted by Crippen LogP contribution is 2.33. The molecule has 4 rings (SSSR count). The summed E-state index contributed by atoms with van der Waals surface area (Å²) in [5.74, 6) is 1.70. The van der Waals surface area contributed by atoms with Gasteiger partial charge in [0.05, 0.1) is 24.4 Å². The molecule has 1 aromatic carbocycles. The quantitative estimate of drug-likeness (QED) is 0.664. The average Bonchev–Trinajstić information content (AvgIpc) is 3.39. The number of hydrogen-bond donors (Lipinski definition) is 1. The summed E-state index contributed by atoms with van der Waals surface area (Å²) in [5.41, 5.74) is 4.81. The molecular weight excluding hydrogens is 364 g/mol. The summed E-state index contributed by atoms with van der Waals surface area (Å²) in [7, 11) is 0. The minimum atomic E-state index is 0.145. The number of aryl methyl sites for hydroxylation is 4. The number of likely N-dealkylation sites (tertiary alicyclic amines) is 1. The van der Waals surface area contributed by atoms with Gasteiger partial charge in [-0.05, 0) is 39.7 Å². The van der Waals surface area contributed by atoms with Crippen LogP contribution in [0.3, 0.4) is 0 Å². The normalized spacial score (nSPS) is 19.9. The predicted molar refractivity (Wildman–Crippen MR) is 111 cm³/mol. The van der Waals surface area contributed by atoms with Gasteiger partial charge in [0.25, 0.3) is 0 Å². The smallest absolute Gasteiger partial charge is 0.167 e. The van der Waals surface area contributed by atoms with Crippen LogP contribution in [0, 0.1) is 20.8 Å². The second-order valence-electron chi connectivity index (χ2n) is 7.98. The molecule has 7 heteroatoms. The standard InChI is InChI=1S/C22H30N6O/c1-5-28-12-19(16(3)26-28)11-27-13-20(10-21(27)22-23-17(4)24-25-22)29-14-18-8-6-7-15(2)9-18/h6-9,12,20-21H,5,10-11,13-14H2,1-4H3,(H,23,24,25)/t20-,21-/m0/s1. The second kappa shape index (κ2) is 8.47. The lowest BCUT2D eigenvalue weighted by atomic mass is 10.1. The molecule has 0 unspecified atom stereocenters. The second-order valence-corrected chi connectivity index (χ2v) is 7.98. The van der Waals surface area contributed by atoms with Crippen molar-refractivity contribution in [2.24, 2.45) is 0 Å². The minimum Gasteiger partial charge on any atom is -0.372 e. The van der Waals surface area contributed by atoms with Crippen molar-refractivity contribution in [2.45, 2.75) is 66.0 Å². The van der Waals surface area contributed by atoms with Crippen molar-refractivity contribution in [3.8, 4) is 0 Å². The molecule has 0 saturated carbocycles. The van der Waals surface area contributed by atoms with Crippen LogP contribution in [-0.4, -0.2) is 42.5 Å². The molecule has 1 aliphatic heterocycles. The van der Waals surface area contributed by atoms with Crippen molar-refractivity contribution in [3.63, 3.8) is 0 Å². The molecule has 1 aliphatic rings. The average molecular weight is 395 g/mol. The maximum Gasteiger partial charge on any atom is 0.167 e. The monoisotopic (exact) mass is 394 g/mol. The largest absolute Gasteiger partial charge is 0.372 e. The van der Waals surface area contributed by atoms with Crippen LogP contribution in [0.2, 0.25) is 0 Å². The van der Waals surface area contributed by atoms with Crippen LogP contribution >= 0.6 is 0 Å². The zero-order valence-corrected chi connectivity index (χ0v) is 17.7. The molecule has 154 valence electrons. The van der Waals surface area contributed by atoms with Crippen LogP contribution in [0.25, 0.3) is 0 Å². The number of rotatable bonds is 7. The molecule has 3 aromatic rings. The molecule has 3 heterocycles. The van der Waals surface area contributed by atoms with Gasteiger partial charge in [-0.3, -0.25) is 14.7 Å². The SMILES string of the molecule is CCn1cc(CN2C[C@@H](OCc3cccc(C)c3)C[C@H]2c2n[nH]c(C)n2)c(C)n1. The zero-order valence-electron chi connectivity index (χ0n) is 17.7. The first kappa shape index (κ1) is 19.8. The molecule has 0 bridgehead atoms. The van der Waals surface area contributed by atoms with Crippen molar-refractivity contribution in [2.75, 3.05) is 6.54 Å². The van der Waals surface area contributed by atoms with Gasteiger partial charge < -0.3 is 4.74 Å². The number of ether oxygens (including phenoxy) is 1. The van der Waals surface area contributed by atoms with Gasteiger partial charge in [0, 0.05) is 31.4 Å². The van der Waals surface area contributed by atoms with Crippen LogP contribution in [0.1, 0.15) is 53.4 Å². The van der Waals surface area contributed by atoms with E-state index >= 15 is 0 Å². The van der Waals surface area contributed by atoms with Gasteiger partial charge in [0.1, 0.15) is 5.82 Å². The van der Waals surface area contributed by atoms with Crippen LogP contribution in [-0.2, 0) is 24.4 Å². The highest BCUT2D eigenvalue weighted by Gasteiger charge is 2.36. The van der Waals surface area contributed by atoms with Crippen molar-refractivity contribution in [1.82, 2.24) is 29.9 Å². The molecule has 0 spiro atoms. The molecule has 1 fully saturated rings. The first-order valence-electron chi connectivity index (χ1n) is 10.3. The summed E-state index contributed by atoms with van der Waals surface area (Å²) in [5, 5.41) is 12.0. The summed E-state index contributed by atoms with van der Waals surface area (Å²) in [6, 6.07) is 8.65. The van der Waals surface area contributed by atoms with Gasteiger partial charge in [0.2, 0.25) is 0 Å². The summed E-state index contributed by atoms with van der Waals surface area (Å²) >= 11 is 0. The van der Waals surface area contributed by atoms with Gasteiger partial charge in [-0.2, -0.15) is 10.2 Å². The Morgan fingerprint density at radius 3 is 2.79 bits per heavy atom. The van der Waals surface area contributed by atoms with E-state index in [0.717, 1.165) is 43.4 Å². The predicted octanol–water partition coefficient (Wildman–Crippen LogP) is 3.48. The lowest BCUT2D eigenvalue weighted by Crippen LogP contribution is -2.25. The summed E-state index contributed by atoms with van der Waals surface area (Å²) < 4.78 is 8.30. The van der Waals surface area contributed by atoms with E-state index in [2.05, 4.69) is 76.4 Å². The molecule has 1 N–H and O–H groups in total. The Hall–Kier alpha value is -2.51. The lowest BCUT2D eigenvalue weighted by Gasteiger charge is -2.21. The Kier molecular flexibility index (Phi) is 5.78. The number of H-pyrrole nitrogens is 1.